The third kappa shape index (κ3) is 3.76. The van der Waals surface area contributed by atoms with Crippen molar-refractivity contribution in [3.63, 3.8) is 0 Å². The predicted molar refractivity (Wildman–Crippen MR) is 70.7 cm³/mol. The van der Waals surface area contributed by atoms with Crippen LogP contribution in [-0.4, -0.2) is 12.1 Å². The van der Waals surface area contributed by atoms with Gasteiger partial charge in [0.2, 0.25) is 0 Å². The summed E-state index contributed by atoms with van der Waals surface area (Å²) in [6.07, 6.45) is 16.1. The molecule has 0 aliphatic heterocycles. The minimum Gasteiger partial charge on any atom is -0.311 e. The van der Waals surface area contributed by atoms with Crippen molar-refractivity contribution in [2.75, 3.05) is 0 Å². The Kier molecular flexibility index (Phi) is 5.15. The van der Waals surface area contributed by atoms with E-state index in [0.29, 0.717) is 0 Å². The van der Waals surface area contributed by atoms with Gasteiger partial charge in [0.05, 0.1) is 0 Å². The van der Waals surface area contributed by atoms with Crippen molar-refractivity contribution in [1.29, 1.82) is 0 Å². The molecule has 1 N–H and O–H groups in total. The van der Waals surface area contributed by atoms with Crippen molar-refractivity contribution in [1.82, 2.24) is 5.32 Å². The maximum atomic E-state index is 3.93. The summed E-state index contributed by atoms with van der Waals surface area (Å²) in [5, 5.41) is 3.93. The molecule has 2 saturated carbocycles. The summed E-state index contributed by atoms with van der Waals surface area (Å²) >= 11 is 0. The maximum Gasteiger partial charge on any atom is 0.00696 e. The summed E-state index contributed by atoms with van der Waals surface area (Å²) in [5.41, 5.74) is 0. The van der Waals surface area contributed by atoms with Crippen LogP contribution < -0.4 is 5.32 Å². The quantitative estimate of drug-likeness (QED) is 0.705. The molecule has 0 saturated heterocycles. The van der Waals surface area contributed by atoms with E-state index < -0.39 is 0 Å². The van der Waals surface area contributed by atoms with Crippen LogP contribution in [0.1, 0.15) is 77.6 Å². The Bertz CT molecular complexity index is 176. The van der Waals surface area contributed by atoms with E-state index in [2.05, 4.69) is 12.2 Å². The van der Waals surface area contributed by atoms with E-state index in [-0.39, 0.29) is 0 Å². The van der Waals surface area contributed by atoms with Gasteiger partial charge in [-0.3, -0.25) is 0 Å². The lowest BCUT2D eigenvalue weighted by Crippen LogP contribution is -2.41. The monoisotopic (exact) mass is 223 g/mol. The second kappa shape index (κ2) is 6.64. The predicted octanol–water partition coefficient (Wildman–Crippen LogP) is 4.27. The van der Waals surface area contributed by atoms with Crippen LogP contribution in [0, 0.1) is 5.92 Å². The molecular formula is C15H29N. The zero-order valence-corrected chi connectivity index (χ0v) is 11.0. The molecule has 0 amide bonds. The first-order valence-corrected chi connectivity index (χ1v) is 7.62. The molecule has 2 aliphatic carbocycles. The number of hydrogen-bond donors (Lipinski definition) is 1. The van der Waals surface area contributed by atoms with Gasteiger partial charge in [-0.15, -0.1) is 0 Å². The average molecular weight is 223 g/mol. The highest BCUT2D eigenvalue weighted by molar-refractivity contribution is 4.80. The SMILES string of the molecule is C[C@H](NC1CCCCCC1)C1CCCCC1. The van der Waals surface area contributed by atoms with Gasteiger partial charge >= 0.3 is 0 Å². The van der Waals surface area contributed by atoms with Crippen LogP contribution in [0.15, 0.2) is 0 Å². The highest BCUT2D eigenvalue weighted by Gasteiger charge is 2.22. The molecule has 0 heterocycles. The maximum absolute atomic E-state index is 3.93. The Morgan fingerprint density at radius 2 is 1.25 bits per heavy atom. The van der Waals surface area contributed by atoms with E-state index in [1.54, 1.807) is 0 Å². The van der Waals surface area contributed by atoms with Crippen LogP contribution in [0.25, 0.3) is 0 Å². The van der Waals surface area contributed by atoms with E-state index in [9.17, 15) is 0 Å². The van der Waals surface area contributed by atoms with Crippen molar-refractivity contribution in [2.24, 2.45) is 5.92 Å². The van der Waals surface area contributed by atoms with Crippen molar-refractivity contribution in [3.8, 4) is 0 Å². The summed E-state index contributed by atoms with van der Waals surface area (Å²) in [6.45, 7) is 2.43. The summed E-state index contributed by atoms with van der Waals surface area (Å²) in [5.74, 6) is 0.969. The molecule has 0 aromatic carbocycles. The highest BCUT2D eigenvalue weighted by Crippen LogP contribution is 2.27. The van der Waals surface area contributed by atoms with Gasteiger partial charge in [-0.1, -0.05) is 44.9 Å². The first kappa shape index (κ1) is 12.4. The summed E-state index contributed by atoms with van der Waals surface area (Å²) in [6, 6.07) is 1.60. The average Bonchev–Trinajstić information content (AvgIpc) is 2.59. The Hall–Kier alpha value is -0.0400. The van der Waals surface area contributed by atoms with Gasteiger partial charge in [0.1, 0.15) is 0 Å². The number of nitrogens with one attached hydrogen (secondary N) is 1. The molecule has 16 heavy (non-hydrogen) atoms. The van der Waals surface area contributed by atoms with Gasteiger partial charge in [0.25, 0.3) is 0 Å². The van der Waals surface area contributed by atoms with Gasteiger partial charge in [0, 0.05) is 12.1 Å². The summed E-state index contributed by atoms with van der Waals surface area (Å²) in [4.78, 5) is 0. The second-order valence-electron chi connectivity index (χ2n) is 6.04. The van der Waals surface area contributed by atoms with E-state index in [1.165, 1.54) is 70.6 Å². The molecule has 1 heteroatoms. The molecule has 0 aromatic heterocycles. The molecule has 0 aromatic rings. The molecule has 1 atom stereocenters. The molecule has 0 unspecified atom stereocenters. The van der Waals surface area contributed by atoms with Crippen LogP contribution in [0.2, 0.25) is 0 Å². The van der Waals surface area contributed by atoms with Crippen molar-refractivity contribution < 1.29 is 0 Å². The van der Waals surface area contributed by atoms with Crippen LogP contribution >= 0.6 is 0 Å². The zero-order chi connectivity index (χ0) is 11.2. The van der Waals surface area contributed by atoms with E-state index >= 15 is 0 Å². The highest BCUT2D eigenvalue weighted by atomic mass is 14.9. The second-order valence-corrected chi connectivity index (χ2v) is 6.04. The Labute approximate surface area is 101 Å². The third-order valence-electron chi connectivity index (χ3n) is 4.71. The fraction of sp³-hybridized carbons (Fsp3) is 1.00. The van der Waals surface area contributed by atoms with Gasteiger partial charge in [-0.05, 0) is 38.5 Å². The fourth-order valence-corrected chi connectivity index (χ4v) is 3.59. The van der Waals surface area contributed by atoms with E-state index in [1.807, 2.05) is 0 Å². The third-order valence-corrected chi connectivity index (χ3v) is 4.71. The summed E-state index contributed by atoms with van der Waals surface area (Å²) < 4.78 is 0. The molecule has 0 bridgehead atoms. The van der Waals surface area contributed by atoms with E-state index in [0.717, 1.165) is 18.0 Å². The van der Waals surface area contributed by atoms with Crippen molar-refractivity contribution >= 4 is 0 Å². The molecule has 2 aliphatic rings. The molecular weight excluding hydrogens is 194 g/mol. The zero-order valence-electron chi connectivity index (χ0n) is 11.0. The Balaban J connectivity index is 1.73. The van der Waals surface area contributed by atoms with Gasteiger partial charge < -0.3 is 5.32 Å². The Morgan fingerprint density at radius 3 is 1.88 bits per heavy atom. The van der Waals surface area contributed by atoms with Crippen molar-refractivity contribution in [3.05, 3.63) is 0 Å². The summed E-state index contributed by atoms with van der Waals surface area (Å²) in [7, 11) is 0. The van der Waals surface area contributed by atoms with Crippen LogP contribution in [-0.2, 0) is 0 Å². The normalized spacial score (nSPS) is 27.6. The van der Waals surface area contributed by atoms with Crippen LogP contribution in [0.5, 0.6) is 0 Å². The first-order valence-electron chi connectivity index (χ1n) is 7.62. The molecule has 94 valence electrons. The van der Waals surface area contributed by atoms with Gasteiger partial charge in [-0.2, -0.15) is 0 Å². The van der Waals surface area contributed by atoms with Crippen molar-refractivity contribution in [2.45, 2.75) is 89.6 Å². The fourth-order valence-electron chi connectivity index (χ4n) is 3.59. The molecule has 0 radical (unpaired) electrons. The Morgan fingerprint density at radius 1 is 0.750 bits per heavy atom. The van der Waals surface area contributed by atoms with E-state index in [4.69, 9.17) is 0 Å². The lowest BCUT2D eigenvalue weighted by Gasteiger charge is -2.31. The lowest BCUT2D eigenvalue weighted by molar-refractivity contribution is 0.256. The largest absolute Gasteiger partial charge is 0.311 e. The minimum atomic E-state index is 0.767. The molecule has 2 fully saturated rings. The number of rotatable bonds is 3. The first-order chi connectivity index (χ1) is 7.86. The van der Waals surface area contributed by atoms with Crippen LogP contribution in [0.4, 0.5) is 0 Å². The topological polar surface area (TPSA) is 12.0 Å². The van der Waals surface area contributed by atoms with Gasteiger partial charge in [0.15, 0.2) is 0 Å². The molecule has 1 nitrogen and oxygen atoms in total. The smallest absolute Gasteiger partial charge is 0.00696 e. The molecule has 0 spiro atoms. The molecule has 2 rings (SSSR count). The van der Waals surface area contributed by atoms with Gasteiger partial charge in [-0.25, -0.2) is 0 Å². The number of hydrogen-bond acceptors (Lipinski definition) is 1. The van der Waals surface area contributed by atoms with Crippen LogP contribution in [0.3, 0.4) is 0 Å². The lowest BCUT2D eigenvalue weighted by atomic mass is 9.84. The minimum absolute atomic E-state index is 0.767. The standard InChI is InChI=1S/C15H29N/c1-13(14-9-5-4-6-10-14)16-15-11-7-2-3-8-12-15/h13-16H,2-12H2,1H3/t13-/m0/s1.